The zero-order valence-electron chi connectivity index (χ0n) is 13.8. The first-order chi connectivity index (χ1) is 12.8. The van der Waals surface area contributed by atoms with Gasteiger partial charge in [0.1, 0.15) is 17.9 Å². The number of ether oxygens (including phenoxy) is 2. The maximum atomic E-state index is 12.3. The molecule has 0 fully saturated rings. The summed E-state index contributed by atoms with van der Waals surface area (Å²) >= 11 is 0. The summed E-state index contributed by atoms with van der Waals surface area (Å²) in [5.74, 6) is 1.36. The summed E-state index contributed by atoms with van der Waals surface area (Å²) in [4.78, 5) is 12.3. The van der Waals surface area contributed by atoms with E-state index in [0.717, 1.165) is 12.4 Å². The van der Waals surface area contributed by atoms with Crippen LogP contribution in [-0.2, 0) is 6.61 Å². The molecule has 1 aliphatic rings. The van der Waals surface area contributed by atoms with E-state index in [1.165, 1.54) is 5.56 Å². The van der Waals surface area contributed by atoms with Crippen LogP contribution >= 0.6 is 0 Å². The molecule has 1 N–H and O–H groups in total. The van der Waals surface area contributed by atoms with Gasteiger partial charge in [0, 0.05) is 0 Å². The number of hydrogen-bond acceptors (Lipinski definition) is 5. The molecule has 0 aliphatic carbocycles. The Bertz CT molecular complexity index is 1110. The van der Waals surface area contributed by atoms with E-state index in [0.29, 0.717) is 27.7 Å². The van der Waals surface area contributed by atoms with Crippen LogP contribution in [0, 0.1) is 0 Å². The van der Waals surface area contributed by atoms with Gasteiger partial charge >= 0.3 is 0 Å². The first-order valence-corrected chi connectivity index (χ1v) is 8.16. The Kier molecular flexibility index (Phi) is 4.29. The van der Waals surface area contributed by atoms with E-state index in [4.69, 9.17) is 19.0 Å². The molecule has 2 heterocycles. The monoisotopic (exact) mass is 348 g/mol. The number of hydrogen-bond donors (Lipinski definition) is 1. The normalized spacial score (nSPS) is 11.7. The van der Waals surface area contributed by atoms with Crippen molar-refractivity contribution in [1.82, 2.24) is 0 Å². The van der Waals surface area contributed by atoms with Crippen LogP contribution in [0.3, 0.4) is 0 Å². The van der Waals surface area contributed by atoms with Gasteiger partial charge in [0.2, 0.25) is 5.43 Å². The molecule has 2 bridgehead atoms. The second-order valence-corrected chi connectivity index (χ2v) is 5.77. The quantitative estimate of drug-likeness (QED) is 0.440. The van der Waals surface area contributed by atoms with Crippen molar-refractivity contribution in [2.45, 2.75) is 6.61 Å². The third kappa shape index (κ3) is 3.00. The van der Waals surface area contributed by atoms with E-state index >= 15 is 0 Å². The maximum absolute atomic E-state index is 12.3. The van der Waals surface area contributed by atoms with Crippen LogP contribution in [0.1, 0.15) is 5.56 Å². The summed E-state index contributed by atoms with van der Waals surface area (Å²) in [7, 11) is 0. The van der Waals surface area contributed by atoms with Crippen LogP contribution in [0.2, 0.25) is 0 Å². The third-order valence-corrected chi connectivity index (χ3v) is 4.09. The molecule has 0 amide bonds. The highest BCUT2D eigenvalue weighted by Crippen LogP contribution is 2.26. The predicted molar refractivity (Wildman–Crippen MR) is 98.5 cm³/mol. The molecule has 5 heteroatoms. The summed E-state index contributed by atoms with van der Waals surface area (Å²) in [5, 5.41) is 9.80. The Morgan fingerprint density at radius 3 is 2.58 bits per heavy atom. The van der Waals surface area contributed by atoms with Crippen LogP contribution < -0.4 is 14.9 Å². The standard InChI is InChI=1S/C14H10O4.C7H6O/c15-8-17-12-7-3-5-10-13(16)9-4-1-2-6-11(9)18-14(10)12;1-2-6-4-7(3-1)8-5-6/h1-7,15H,8H2;1-4H,5H2. The van der Waals surface area contributed by atoms with Crippen LogP contribution in [0.4, 0.5) is 0 Å². The Balaban J connectivity index is 0.000000174. The van der Waals surface area contributed by atoms with E-state index in [2.05, 4.69) is 12.1 Å². The van der Waals surface area contributed by atoms with Crippen molar-refractivity contribution in [3.05, 3.63) is 82.5 Å². The van der Waals surface area contributed by atoms with Gasteiger partial charge in [-0.25, -0.2) is 0 Å². The van der Waals surface area contributed by atoms with Gasteiger partial charge in [-0.05, 0) is 42.0 Å². The molecular weight excluding hydrogens is 332 g/mol. The molecule has 1 aliphatic heterocycles. The van der Waals surface area contributed by atoms with Gasteiger partial charge in [0.25, 0.3) is 0 Å². The molecule has 3 aromatic carbocycles. The zero-order chi connectivity index (χ0) is 17.9. The Morgan fingerprint density at radius 2 is 1.77 bits per heavy atom. The summed E-state index contributed by atoms with van der Waals surface area (Å²) in [6, 6.07) is 20.2. The summed E-state index contributed by atoms with van der Waals surface area (Å²) in [5.41, 5.74) is 2.04. The number of benzene rings is 3. The first kappa shape index (κ1) is 16.2. The van der Waals surface area contributed by atoms with Crippen LogP contribution in [-0.4, -0.2) is 11.9 Å². The molecule has 0 unspecified atom stereocenters. The number of rotatable bonds is 2. The highest BCUT2D eigenvalue weighted by Gasteiger charge is 2.11. The highest BCUT2D eigenvalue weighted by atomic mass is 16.6. The highest BCUT2D eigenvalue weighted by molar-refractivity contribution is 5.92. The van der Waals surface area contributed by atoms with E-state index < -0.39 is 6.79 Å². The van der Waals surface area contributed by atoms with Crippen molar-refractivity contribution in [2.24, 2.45) is 0 Å². The van der Waals surface area contributed by atoms with Crippen LogP contribution in [0.15, 0.2) is 75.9 Å². The van der Waals surface area contributed by atoms with E-state index in [1.54, 1.807) is 42.5 Å². The molecule has 130 valence electrons. The lowest BCUT2D eigenvalue weighted by atomic mass is 10.1. The Morgan fingerprint density at radius 1 is 0.962 bits per heavy atom. The number of para-hydroxylation sites is 2. The fraction of sp³-hybridized carbons (Fsp3) is 0.0952. The minimum Gasteiger partial charge on any atom is -0.489 e. The van der Waals surface area contributed by atoms with Crippen molar-refractivity contribution < 1.29 is 19.0 Å². The molecular formula is C21H16O5. The molecule has 0 spiro atoms. The van der Waals surface area contributed by atoms with Gasteiger partial charge in [-0.15, -0.1) is 0 Å². The molecule has 0 saturated heterocycles. The SMILES string of the molecule is O=c1c2ccccc2oc2c(OCO)cccc12.c1cc2cc(c1)OC2. The fourth-order valence-electron chi connectivity index (χ4n) is 2.87. The average molecular weight is 348 g/mol. The number of fused-ring (bicyclic) bond motifs is 4. The lowest BCUT2D eigenvalue weighted by Gasteiger charge is -2.06. The molecule has 0 radical (unpaired) electrons. The lowest BCUT2D eigenvalue weighted by Crippen LogP contribution is -2.03. The van der Waals surface area contributed by atoms with Gasteiger partial charge in [-0.2, -0.15) is 0 Å². The van der Waals surface area contributed by atoms with Gasteiger partial charge < -0.3 is 19.0 Å². The molecule has 0 atom stereocenters. The van der Waals surface area contributed by atoms with Gasteiger partial charge in [0.15, 0.2) is 18.1 Å². The van der Waals surface area contributed by atoms with E-state index in [9.17, 15) is 4.79 Å². The molecule has 4 aromatic rings. The largest absolute Gasteiger partial charge is 0.489 e. The second kappa shape index (κ2) is 6.90. The third-order valence-electron chi connectivity index (χ3n) is 4.09. The molecule has 26 heavy (non-hydrogen) atoms. The summed E-state index contributed by atoms with van der Waals surface area (Å²) in [6.45, 7) is 0.304. The fourth-order valence-corrected chi connectivity index (χ4v) is 2.87. The van der Waals surface area contributed by atoms with Gasteiger partial charge in [0.05, 0.1) is 10.8 Å². The number of aliphatic hydroxyl groups excluding tert-OH is 1. The zero-order valence-corrected chi connectivity index (χ0v) is 13.8. The molecule has 5 rings (SSSR count). The molecule has 1 aromatic heterocycles. The average Bonchev–Trinajstić information content (AvgIpc) is 3.01. The van der Waals surface area contributed by atoms with Crippen LogP contribution in [0.25, 0.3) is 21.9 Å². The minimum absolute atomic E-state index is 0.102. The molecule has 0 saturated carbocycles. The first-order valence-electron chi connectivity index (χ1n) is 8.16. The lowest BCUT2D eigenvalue weighted by molar-refractivity contribution is 0.0990. The predicted octanol–water partition coefficient (Wildman–Crippen LogP) is 3.85. The van der Waals surface area contributed by atoms with Crippen molar-refractivity contribution >= 4 is 21.9 Å². The van der Waals surface area contributed by atoms with Crippen molar-refractivity contribution in [1.29, 1.82) is 0 Å². The summed E-state index contributed by atoms with van der Waals surface area (Å²) < 4.78 is 15.9. The Hall–Kier alpha value is -3.31. The second-order valence-electron chi connectivity index (χ2n) is 5.77. The minimum atomic E-state index is -0.463. The number of aliphatic hydroxyl groups is 1. The molecule has 5 nitrogen and oxygen atoms in total. The Labute approximate surface area is 149 Å². The smallest absolute Gasteiger partial charge is 0.200 e. The van der Waals surface area contributed by atoms with Gasteiger partial charge in [-0.3, -0.25) is 4.79 Å². The summed E-state index contributed by atoms with van der Waals surface area (Å²) in [6.07, 6.45) is 0. The topological polar surface area (TPSA) is 68.9 Å². The van der Waals surface area contributed by atoms with Crippen molar-refractivity contribution in [2.75, 3.05) is 6.79 Å². The van der Waals surface area contributed by atoms with Gasteiger partial charge in [-0.1, -0.05) is 30.3 Å². The van der Waals surface area contributed by atoms with Crippen LogP contribution in [0.5, 0.6) is 11.5 Å². The van der Waals surface area contributed by atoms with E-state index in [-0.39, 0.29) is 5.43 Å². The maximum Gasteiger partial charge on any atom is 0.200 e. The van der Waals surface area contributed by atoms with Crippen molar-refractivity contribution in [3.8, 4) is 11.5 Å². The van der Waals surface area contributed by atoms with Crippen molar-refractivity contribution in [3.63, 3.8) is 0 Å². The van der Waals surface area contributed by atoms with E-state index in [1.807, 2.05) is 12.1 Å².